The molecule has 0 spiro atoms. The van der Waals surface area contributed by atoms with Crippen LogP contribution in [0.15, 0.2) is 22.5 Å². The maximum atomic E-state index is 5.82. The molecule has 0 atom stereocenters. The van der Waals surface area contributed by atoms with E-state index in [2.05, 4.69) is 39.6 Å². The second kappa shape index (κ2) is 10.7. The molecule has 2 aliphatic heterocycles. The van der Waals surface area contributed by atoms with Gasteiger partial charge in [-0.2, -0.15) is 0 Å². The minimum Gasteiger partial charge on any atom is -0.381 e. The first kappa shape index (κ1) is 21.7. The third kappa shape index (κ3) is 5.46. The third-order valence-electron chi connectivity index (χ3n) is 5.09. The Balaban J connectivity index is 0.00000243. The molecule has 2 aliphatic rings. The molecule has 1 N–H and O–H groups in total. The zero-order chi connectivity index (χ0) is 17.5. The van der Waals surface area contributed by atoms with Gasteiger partial charge in [0.1, 0.15) is 0 Å². The molecule has 0 aliphatic carbocycles. The summed E-state index contributed by atoms with van der Waals surface area (Å²) in [4.78, 5) is 9.76. The second-order valence-corrected chi connectivity index (χ2v) is 7.52. The van der Waals surface area contributed by atoms with Crippen LogP contribution >= 0.6 is 35.3 Å². The van der Waals surface area contributed by atoms with E-state index in [1.165, 1.54) is 5.00 Å². The second-order valence-electron chi connectivity index (χ2n) is 6.60. The van der Waals surface area contributed by atoms with Crippen molar-refractivity contribution in [1.29, 1.82) is 0 Å². The lowest BCUT2D eigenvalue weighted by molar-refractivity contribution is -0.0829. The summed E-state index contributed by atoms with van der Waals surface area (Å²) in [6.45, 7) is 9.28. The molecule has 0 bridgehead atoms. The molecule has 2 fully saturated rings. The van der Waals surface area contributed by atoms with Gasteiger partial charge in [0.25, 0.3) is 0 Å². The number of piperazine rings is 1. The van der Waals surface area contributed by atoms with Crippen LogP contribution in [-0.4, -0.2) is 76.1 Å². The fourth-order valence-electron chi connectivity index (χ4n) is 3.40. The fraction of sp³-hybridized carbons (Fsp3) is 0.722. The topological polar surface area (TPSA) is 49.3 Å². The SMILES string of the molecule is CCNC(=NCC1(OC)CCOCC1)N1CCN(c2cccs2)CC1.I. The van der Waals surface area contributed by atoms with E-state index in [1.54, 1.807) is 7.11 Å². The minimum atomic E-state index is -0.169. The van der Waals surface area contributed by atoms with Crippen LogP contribution in [0.4, 0.5) is 5.00 Å². The zero-order valence-electron chi connectivity index (χ0n) is 15.8. The van der Waals surface area contributed by atoms with Crippen LogP contribution in [0, 0.1) is 0 Å². The Morgan fingerprint density at radius 3 is 2.62 bits per heavy atom. The van der Waals surface area contributed by atoms with Crippen molar-refractivity contribution in [1.82, 2.24) is 10.2 Å². The molecule has 0 saturated carbocycles. The summed E-state index contributed by atoms with van der Waals surface area (Å²) >= 11 is 1.81. The molecule has 26 heavy (non-hydrogen) atoms. The average Bonchev–Trinajstić information content (AvgIpc) is 3.21. The van der Waals surface area contributed by atoms with Crippen LogP contribution in [0.3, 0.4) is 0 Å². The van der Waals surface area contributed by atoms with Gasteiger partial charge in [-0.3, -0.25) is 4.99 Å². The molecule has 148 valence electrons. The van der Waals surface area contributed by atoms with Gasteiger partial charge in [0, 0.05) is 65.9 Å². The molecule has 3 heterocycles. The third-order valence-corrected chi connectivity index (χ3v) is 6.01. The first-order valence-corrected chi connectivity index (χ1v) is 10.1. The summed E-state index contributed by atoms with van der Waals surface area (Å²) < 4.78 is 11.3. The van der Waals surface area contributed by atoms with Crippen molar-refractivity contribution >= 4 is 46.3 Å². The minimum absolute atomic E-state index is 0. The monoisotopic (exact) mass is 494 g/mol. The molecule has 1 aromatic rings. The Labute approximate surface area is 178 Å². The highest BCUT2D eigenvalue weighted by atomic mass is 127. The van der Waals surface area contributed by atoms with Crippen molar-refractivity contribution in [2.24, 2.45) is 4.99 Å². The zero-order valence-corrected chi connectivity index (χ0v) is 18.9. The maximum absolute atomic E-state index is 5.82. The van der Waals surface area contributed by atoms with Crippen molar-refractivity contribution in [3.05, 3.63) is 17.5 Å². The van der Waals surface area contributed by atoms with Crippen LogP contribution < -0.4 is 10.2 Å². The van der Waals surface area contributed by atoms with Crippen LogP contribution in [-0.2, 0) is 9.47 Å². The van der Waals surface area contributed by atoms with Crippen LogP contribution in [0.25, 0.3) is 0 Å². The first-order chi connectivity index (χ1) is 12.3. The molecular weight excluding hydrogens is 463 g/mol. The van der Waals surface area contributed by atoms with E-state index in [1.807, 2.05) is 11.3 Å². The number of anilines is 1. The molecular formula is C18H31IN4O2S. The normalized spacial score (nSPS) is 20.6. The van der Waals surface area contributed by atoms with Crippen molar-refractivity contribution in [2.45, 2.75) is 25.4 Å². The molecule has 6 nitrogen and oxygen atoms in total. The highest BCUT2D eigenvalue weighted by Crippen LogP contribution is 2.25. The van der Waals surface area contributed by atoms with Crippen molar-refractivity contribution in [2.75, 3.05) is 64.5 Å². The van der Waals surface area contributed by atoms with Gasteiger partial charge in [0.05, 0.1) is 17.1 Å². The summed E-state index contributed by atoms with van der Waals surface area (Å²) in [6, 6.07) is 4.32. The van der Waals surface area contributed by atoms with Gasteiger partial charge in [-0.15, -0.1) is 35.3 Å². The van der Waals surface area contributed by atoms with Gasteiger partial charge in [0.2, 0.25) is 0 Å². The Hall–Kier alpha value is -0.580. The first-order valence-electron chi connectivity index (χ1n) is 9.21. The van der Waals surface area contributed by atoms with Crippen LogP contribution in [0.5, 0.6) is 0 Å². The van der Waals surface area contributed by atoms with Crippen LogP contribution in [0.2, 0.25) is 0 Å². The fourth-order valence-corrected chi connectivity index (χ4v) is 4.19. The average molecular weight is 494 g/mol. The molecule has 2 saturated heterocycles. The highest BCUT2D eigenvalue weighted by Gasteiger charge is 2.32. The summed E-state index contributed by atoms with van der Waals surface area (Å²) in [5.74, 6) is 1.01. The number of ether oxygens (including phenoxy) is 2. The predicted octanol–water partition coefficient (Wildman–Crippen LogP) is 2.65. The highest BCUT2D eigenvalue weighted by molar-refractivity contribution is 14.0. The molecule has 0 aromatic carbocycles. The number of nitrogens with zero attached hydrogens (tertiary/aromatic N) is 3. The Kier molecular flexibility index (Phi) is 8.92. The Morgan fingerprint density at radius 2 is 2.04 bits per heavy atom. The lowest BCUT2D eigenvalue weighted by atomic mass is 9.94. The van der Waals surface area contributed by atoms with E-state index in [0.717, 1.165) is 64.7 Å². The number of hydrogen-bond acceptors (Lipinski definition) is 5. The number of thiophene rings is 1. The number of hydrogen-bond donors (Lipinski definition) is 1. The molecule has 0 unspecified atom stereocenters. The van der Waals surface area contributed by atoms with E-state index < -0.39 is 0 Å². The lowest BCUT2D eigenvalue weighted by Crippen LogP contribution is -2.53. The summed E-state index contributed by atoms with van der Waals surface area (Å²) in [5, 5.41) is 6.96. The maximum Gasteiger partial charge on any atom is 0.194 e. The molecule has 0 radical (unpaired) electrons. The van der Waals surface area contributed by atoms with Crippen molar-refractivity contribution in [3.8, 4) is 0 Å². The molecule has 1 aromatic heterocycles. The van der Waals surface area contributed by atoms with E-state index in [0.29, 0.717) is 6.54 Å². The van der Waals surface area contributed by atoms with Gasteiger partial charge >= 0.3 is 0 Å². The Morgan fingerprint density at radius 1 is 1.31 bits per heavy atom. The number of rotatable bonds is 5. The Bertz CT molecular complexity index is 541. The van der Waals surface area contributed by atoms with Crippen LogP contribution in [0.1, 0.15) is 19.8 Å². The van der Waals surface area contributed by atoms with Gasteiger partial charge < -0.3 is 24.6 Å². The van der Waals surface area contributed by atoms with E-state index in [9.17, 15) is 0 Å². The largest absolute Gasteiger partial charge is 0.381 e. The number of guanidine groups is 1. The van der Waals surface area contributed by atoms with Gasteiger partial charge in [-0.25, -0.2) is 0 Å². The van der Waals surface area contributed by atoms with E-state index in [-0.39, 0.29) is 29.6 Å². The molecule has 3 rings (SSSR count). The number of nitrogens with one attached hydrogen (secondary N) is 1. The molecule has 0 amide bonds. The molecule has 8 heteroatoms. The van der Waals surface area contributed by atoms with Gasteiger partial charge in [0.15, 0.2) is 5.96 Å². The summed E-state index contributed by atoms with van der Waals surface area (Å²) in [7, 11) is 1.80. The number of methoxy groups -OCH3 is 1. The summed E-state index contributed by atoms with van der Waals surface area (Å²) in [5.41, 5.74) is -0.169. The number of aliphatic imine (C=N–C) groups is 1. The van der Waals surface area contributed by atoms with E-state index in [4.69, 9.17) is 14.5 Å². The van der Waals surface area contributed by atoms with Gasteiger partial charge in [-0.05, 0) is 24.4 Å². The quantitative estimate of drug-likeness (QED) is 0.388. The predicted molar refractivity (Wildman–Crippen MR) is 119 cm³/mol. The standard InChI is InChI=1S/C18H30N4O2S.HI/c1-3-19-17(20-15-18(23-2)6-12-24-13-7-18)22-10-8-21(9-11-22)16-5-4-14-25-16;/h4-5,14H,3,6-13,15H2,1-2H3,(H,19,20);1H. The van der Waals surface area contributed by atoms with Crippen molar-refractivity contribution in [3.63, 3.8) is 0 Å². The summed E-state index contributed by atoms with van der Waals surface area (Å²) in [6.07, 6.45) is 1.83. The van der Waals surface area contributed by atoms with Gasteiger partial charge in [-0.1, -0.05) is 0 Å². The van der Waals surface area contributed by atoms with Crippen molar-refractivity contribution < 1.29 is 9.47 Å². The smallest absolute Gasteiger partial charge is 0.194 e. The lowest BCUT2D eigenvalue weighted by Gasteiger charge is -2.38. The van der Waals surface area contributed by atoms with E-state index >= 15 is 0 Å². The number of halogens is 1.